The molecule has 0 spiro atoms. The molecule has 112 valence electrons. The van der Waals surface area contributed by atoms with Crippen LogP contribution in [0.15, 0.2) is 42.6 Å². The number of methoxy groups -OCH3 is 2. The van der Waals surface area contributed by atoms with E-state index in [-0.39, 0.29) is 0 Å². The summed E-state index contributed by atoms with van der Waals surface area (Å²) >= 11 is 2.27. The second-order valence-electron chi connectivity index (χ2n) is 4.59. The van der Waals surface area contributed by atoms with Crippen molar-refractivity contribution < 1.29 is 9.47 Å². The van der Waals surface area contributed by atoms with Crippen LogP contribution < -0.4 is 14.8 Å². The molecule has 0 aliphatic rings. The smallest absolute Gasteiger partial charge is 0.227 e. The average molecular weight is 407 g/mol. The maximum atomic E-state index is 5.31. The molecule has 0 aliphatic carbocycles. The second kappa shape index (κ2) is 6.35. The normalized spacial score (nSPS) is 10.5. The summed E-state index contributed by atoms with van der Waals surface area (Å²) in [5.41, 5.74) is 1.74. The van der Waals surface area contributed by atoms with E-state index in [1.165, 1.54) is 0 Å². The van der Waals surface area contributed by atoms with E-state index in [2.05, 4.69) is 37.9 Å². The molecule has 0 saturated carbocycles. The molecule has 0 bridgehead atoms. The third-order valence-electron chi connectivity index (χ3n) is 3.17. The largest absolute Gasteiger partial charge is 0.493 e. The van der Waals surface area contributed by atoms with Crippen molar-refractivity contribution in [2.24, 2.45) is 0 Å². The lowest BCUT2D eigenvalue weighted by molar-refractivity contribution is 0.356. The van der Waals surface area contributed by atoms with Gasteiger partial charge in [-0.3, -0.25) is 0 Å². The quantitative estimate of drug-likeness (QED) is 0.663. The second-order valence-corrected chi connectivity index (χ2v) is 5.84. The predicted molar refractivity (Wildman–Crippen MR) is 95.1 cm³/mol. The monoisotopic (exact) mass is 407 g/mol. The molecule has 2 aromatic carbocycles. The van der Waals surface area contributed by atoms with Crippen molar-refractivity contribution in [1.29, 1.82) is 0 Å². The number of benzene rings is 2. The summed E-state index contributed by atoms with van der Waals surface area (Å²) in [6.45, 7) is 0. The summed E-state index contributed by atoms with van der Waals surface area (Å²) in [6.07, 6.45) is 1.76. The number of nitrogens with one attached hydrogen (secondary N) is 1. The van der Waals surface area contributed by atoms with Gasteiger partial charge in [0.1, 0.15) is 0 Å². The van der Waals surface area contributed by atoms with Gasteiger partial charge in [-0.25, -0.2) is 9.97 Å². The van der Waals surface area contributed by atoms with Gasteiger partial charge in [0.25, 0.3) is 0 Å². The Morgan fingerprint density at radius 3 is 2.55 bits per heavy atom. The van der Waals surface area contributed by atoms with E-state index in [4.69, 9.17) is 9.47 Å². The van der Waals surface area contributed by atoms with Gasteiger partial charge in [-0.2, -0.15) is 0 Å². The van der Waals surface area contributed by atoms with Crippen molar-refractivity contribution in [2.75, 3.05) is 19.5 Å². The number of fused-ring (bicyclic) bond motifs is 1. The molecule has 0 atom stereocenters. The highest BCUT2D eigenvalue weighted by Gasteiger charge is 2.08. The van der Waals surface area contributed by atoms with Crippen LogP contribution in [0, 0.1) is 3.57 Å². The van der Waals surface area contributed by atoms with Gasteiger partial charge in [0.2, 0.25) is 5.95 Å². The van der Waals surface area contributed by atoms with Crippen LogP contribution in [0.4, 0.5) is 11.6 Å². The first-order chi connectivity index (χ1) is 10.7. The molecule has 3 rings (SSSR count). The van der Waals surface area contributed by atoms with E-state index in [0.29, 0.717) is 17.4 Å². The summed E-state index contributed by atoms with van der Waals surface area (Å²) in [5.74, 6) is 1.85. The first-order valence-corrected chi connectivity index (χ1v) is 7.69. The molecule has 0 fully saturated rings. The third kappa shape index (κ3) is 3.06. The molecule has 0 aliphatic heterocycles. The van der Waals surface area contributed by atoms with Crippen LogP contribution in [-0.2, 0) is 0 Å². The Labute approximate surface area is 141 Å². The fourth-order valence-electron chi connectivity index (χ4n) is 2.11. The van der Waals surface area contributed by atoms with Gasteiger partial charge in [-0.05, 0) is 46.9 Å². The molecule has 3 aromatic rings. The minimum Gasteiger partial charge on any atom is -0.493 e. The number of hydrogen-bond acceptors (Lipinski definition) is 5. The molecule has 0 unspecified atom stereocenters. The van der Waals surface area contributed by atoms with E-state index in [1.54, 1.807) is 20.4 Å². The van der Waals surface area contributed by atoms with Crippen LogP contribution in [0.1, 0.15) is 0 Å². The van der Waals surface area contributed by atoms with Crippen LogP contribution in [-0.4, -0.2) is 24.2 Å². The minimum absolute atomic E-state index is 0.543. The van der Waals surface area contributed by atoms with Crippen molar-refractivity contribution in [1.82, 2.24) is 9.97 Å². The molecular weight excluding hydrogens is 393 g/mol. The van der Waals surface area contributed by atoms with Crippen molar-refractivity contribution in [3.05, 3.63) is 46.2 Å². The third-order valence-corrected chi connectivity index (χ3v) is 3.84. The van der Waals surface area contributed by atoms with Crippen molar-refractivity contribution in [3.63, 3.8) is 0 Å². The molecule has 1 aromatic heterocycles. The topological polar surface area (TPSA) is 56.3 Å². The van der Waals surface area contributed by atoms with Gasteiger partial charge >= 0.3 is 0 Å². The van der Waals surface area contributed by atoms with Crippen molar-refractivity contribution in [3.8, 4) is 11.5 Å². The highest BCUT2D eigenvalue weighted by atomic mass is 127. The Morgan fingerprint density at radius 1 is 1.05 bits per heavy atom. The average Bonchev–Trinajstić information content (AvgIpc) is 2.53. The molecule has 1 N–H and O–H groups in total. The zero-order valence-electron chi connectivity index (χ0n) is 12.1. The Hall–Kier alpha value is -2.09. The lowest BCUT2D eigenvalue weighted by Gasteiger charge is -2.10. The van der Waals surface area contributed by atoms with E-state index >= 15 is 0 Å². The van der Waals surface area contributed by atoms with Gasteiger partial charge in [0, 0.05) is 26.9 Å². The predicted octanol–water partition coefficient (Wildman–Crippen LogP) is 4.00. The first-order valence-electron chi connectivity index (χ1n) is 6.61. The standard InChI is InChI=1S/C16H14IN3O2/c1-21-14-6-10-9-18-16(20-13(10)8-15(14)22-2)19-12-5-3-4-11(17)7-12/h3-9H,1-2H3,(H,18,19,20). The Balaban J connectivity index is 1.98. The van der Waals surface area contributed by atoms with Gasteiger partial charge < -0.3 is 14.8 Å². The Kier molecular flexibility index (Phi) is 4.28. The summed E-state index contributed by atoms with van der Waals surface area (Å²) in [6, 6.07) is 11.7. The van der Waals surface area contributed by atoms with Gasteiger partial charge in [-0.15, -0.1) is 0 Å². The molecule has 6 heteroatoms. The molecule has 0 saturated heterocycles. The fraction of sp³-hybridized carbons (Fsp3) is 0.125. The molecule has 0 radical (unpaired) electrons. The van der Waals surface area contributed by atoms with Crippen LogP contribution in [0.2, 0.25) is 0 Å². The number of nitrogens with zero attached hydrogens (tertiary/aromatic N) is 2. The zero-order valence-corrected chi connectivity index (χ0v) is 14.3. The van der Waals surface area contributed by atoms with E-state index in [1.807, 2.05) is 36.4 Å². The van der Waals surface area contributed by atoms with E-state index in [0.717, 1.165) is 20.2 Å². The van der Waals surface area contributed by atoms with Gasteiger partial charge in [0.15, 0.2) is 11.5 Å². The lowest BCUT2D eigenvalue weighted by Crippen LogP contribution is -1.98. The lowest BCUT2D eigenvalue weighted by atomic mass is 10.2. The van der Waals surface area contributed by atoms with Crippen molar-refractivity contribution in [2.45, 2.75) is 0 Å². The molecule has 5 nitrogen and oxygen atoms in total. The van der Waals surface area contributed by atoms with E-state index < -0.39 is 0 Å². The number of aromatic nitrogens is 2. The summed E-state index contributed by atoms with van der Waals surface area (Å²) in [4.78, 5) is 8.87. The van der Waals surface area contributed by atoms with Crippen LogP contribution in [0.3, 0.4) is 0 Å². The number of rotatable bonds is 4. The Morgan fingerprint density at radius 2 is 1.82 bits per heavy atom. The SMILES string of the molecule is COc1cc2cnc(Nc3cccc(I)c3)nc2cc1OC. The minimum atomic E-state index is 0.543. The number of halogens is 1. The zero-order chi connectivity index (χ0) is 15.5. The van der Waals surface area contributed by atoms with Crippen LogP contribution >= 0.6 is 22.6 Å². The van der Waals surface area contributed by atoms with Crippen LogP contribution in [0.5, 0.6) is 11.5 Å². The summed E-state index contributed by atoms with van der Waals surface area (Å²) in [7, 11) is 3.22. The maximum Gasteiger partial charge on any atom is 0.227 e. The number of ether oxygens (including phenoxy) is 2. The molecule has 0 amide bonds. The summed E-state index contributed by atoms with van der Waals surface area (Å²) in [5, 5.41) is 4.10. The maximum absolute atomic E-state index is 5.31. The number of hydrogen-bond donors (Lipinski definition) is 1. The summed E-state index contributed by atoms with van der Waals surface area (Å²) < 4.78 is 11.7. The van der Waals surface area contributed by atoms with Crippen molar-refractivity contribution >= 4 is 45.1 Å². The molecule has 22 heavy (non-hydrogen) atoms. The highest BCUT2D eigenvalue weighted by Crippen LogP contribution is 2.31. The van der Waals surface area contributed by atoms with Gasteiger partial charge in [-0.1, -0.05) is 6.07 Å². The molecule has 1 heterocycles. The Bertz CT molecular complexity index is 824. The first kappa shape index (κ1) is 14.8. The highest BCUT2D eigenvalue weighted by molar-refractivity contribution is 14.1. The molecular formula is C16H14IN3O2. The van der Waals surface area contributed by atoms with E-state index in [9.17, 15) is 0 Å². The van der Waals surface area contributed by atoms with Gasteiger partial charge in [0.05, 0.1) is 19.7 Å². The number of anilines is 2. The fourth-order valence-corrected chi connectivity index (χ4v) is 2.66. The van der Waals surface area contributed by atoms with Crippen LogP contribution in [0.25, 0.3) is 10.9 Å².